The Morgan fingerprint density at radius 3 is 2.62 bits per heavy atom. The van der Waals surface area contributed by atoms with Gasteiger partial charge in [0.1, 0.15) is 0 Å². The molecule has 13 heavy (non-hydrogen) atoms. The highest BCUT2D eigenvalue weighted by Gasteiger charge is 1.98. The fourth-order valence-corrected chi connectivity index (χ4v) is 2.31. The molecular weight excluding hydrogens is 176 g/mol. The van der Waals surface area contributed by atoms with Crippen LogP contribution in [-0.4, -0.2) is 0 Å². The quantitative estimate of drug-likeness (QED) is 0.616. The monoisotopic (exact) mass is 194 g/mol. The van der Waals surface area contributed by atoms with Gasteiger partial charge in [0.2, 0.25) is 0 Å². The van der Waals surface area contributed by atoms with Gasteiger partial charge in [-0.05, 0) is 44.7 Å². The third-order valence-electron chi connectivity index (χ3n) is 2.09. The van der Waals surface area contributed by atoms with Gasteiger partial charge in [-0.1, -0.05) is 12.5 Å². The van der Waals surface area contributed by atoms with Crippen LogP contribution in [0.3, 0.4) is 0 Å². The highest BCUT2D eigenvalue weighted by atomic mass is 32.1. The van der Waals surface area contributed by atoms with Crippen LogP contribution in [0.2, 0.25) is 0 Å². The van der Waals surface area contributed by atoms with Crippen LogP contribution in [0.15, 0.2) is 24.3 Å². The van der Waals surface area contributed by atoms with E-state index >= 15 is 0 Å². The molecule has 0 saturated heterocycles. The predicted molar refractivity (Wildman–Crippen MR) is 61.4 cm³/mol. The first-order chi connectivity index (χ1) is 6.22. The summed E-state index contributed by atoms with van der Waals surface area (Å²) in [6.45, 7) is 8.23. The summed E-state index contributed by atoms with van der Waals surface area (Å²) in [4.78, 5) is 3.03. The van der Waals surface area contributed by atoms with Gasteiger partial charge in [-0.3, -0.25) is 0 Å². The van der Waals surface area contributed by atoms with Crippen molar-refractivity contribution in [2.24, 2.45) is 0 Å². The van der Waals surface area contributed by atoms with Gasteiger partial charge in [0, 0.05) is 9.75 Å². The second kappa shape index (κ2) is 5.23. The van der Waals surface area contributed by atoms with E-state index in [1.807, 2.05) is 11.3 Å². The fourth-order valence-electron chi connectivity index (χ4n) is 1.31. The Kier molecular flexibility index (Phi) is 4.23. The Morgan fingerprint density at radius 2 is 2.08 bits per heavy atom. The van der Waals surface area contributed by atoms with Crippen LogP contribution in [0.4, 0.5) is 0 Å². The van der Waals surface area contributed by atoms with Crippen molar-refractivity contribution in [2.45, 2.75) is 39.5 Å². The number of allylic oxidation sites excluding steroid dienone is 1. The van der Waals surface area contributed by atoms with Crippen LogP contribution >= 0.6 is 11.3 Å². The van der Waals surface area contributed by atoms with E-state index in [9.17, 15) is 0 Å². The molecule has 0 nitrogen and oxygen atoms in total. The fraction of sp³-hybridized carbons (Fsp3) is 0.500. The van der Waals surface area contributed by atoms with E-state index in [1.54, 1.807) is 0 Å². The lowest BCUT2D eigenvalue weighted by atomic mass is 10.1. The van der Waals surface area contributed by atoms with Crippen molar-refractivity contribution in [3.8, 4) is 0 Å². The maximum absolute atomic E-state index is 3.91. The van der Waals surface area contributed by atoms with Gasteiger partial charge in [-0.25, -0.2) is 0 Å². The average Bonchev–Trinajstić information content (AvgIpc) is 2.52. The van der Waals surface area contributed by atoms with Crippen LogP contribution in [-0.2, 0) is 12.8 Å². The molecule has 0 amide bonds. The Bertz CT molecular complexity index is 270. The van der Waals surface area contributed by atoms with Crippen LogP contribution in [0, 0.1) is 0 Å². The molecule has 0 aliphatic heterocycles. The van der Waals surface area contributed by atoms with Gasteiger partial charge in [-0.15, -0.1) is 17.9 Å². The summed E-state index contributed by atoms with van der Waals surface area (Å²) in [6, 6.07) is 4.52. The minimum absolute atomic E-state index is 1.17. The van der Waals surface area contributed by atoms with Gasteiger partial charge in [0.05, 0.1) is 0 Å². The Hall–Kier alpha value is -0.560. The lowest BCUT2D eigenvalue weighted by molar-refractivity contribution is 0.824. The number of hydrogen-bond acceptors (Lipinski definition) is 1. The molecule has 0 N–H and O–H groups in total. The van der Waals surface area contributed by atoms with E-state index < -0.39 is 0 Å². The van der Waals surface area contributed by atoms with Gasteiger partial charge in [0.15, 0.2) is 0 Å². The molecular formula is C12H18S. The van der Waals surface area contributed by atoms with Crippen molar-refractivity contribution in [2.75, 3.05) is 0 Å². The van der Waals surface area contributed by atoms with Crippen molar-refractivity contribution in [1.82, 2.24) is 0 Å². The molecule has 1 rings (SSSR count). The third-order valence-corrected chi connectivity index (χ3v) is 3.38. The lowest BCUT2D eigenvalue weighted by Gasteiger charge is -1.97. The molecule has 0 fully saturated rings. The second-order valence-electron chi connectivity index (χ2n) is 3.53. The van der Waals surface area contributed by atoms with E-state index in [2.05, 4.69) is 32.6 Å². The van der Waals surface area contributed by atoms with Gasteiger partial charge in [-0.2, -0.15) is 0 Å². The Balaban J connectivity index is 2.32. The van der Waals surface area contributed by atoms with E-state index in [-0.39, 0.29) is 0 Å². The maximum Gasteiger partial charge on any atom is 0.00482 e. The second-order valence-corrected chi connectivity index (χ2v) is 4.79. The van der Waals surface area contributed by atoms with Crippen LogP contribution in [0.25, 0.3) is 0 Å². The summed E-state index contributed by atoms with van der Waals surface area (Å²) in [5, 5.41) is 0. The van der Waals surface area contributed by atoms with Crippen molar-refractivity contribution < 1.29 is 0 Å². The van der Waals surface area contributed by atoms with Gasteiger partial charge < -0.3 is 0 Å². The topological polar surface area (TPSA) is 0 Å². The molecule has 72 valence electrons. The zero-order chi connectivity index (χ0) is 9.68. The van der Waals surface area contributed by atoms with E-state index in [0.29, 0.717) is 0 Å². The first-order valence-electron chi connectivity index (χ1n) is 4.94. The van der Waals surface area contributed by atoms with E-state index in [1.165, 1.54) is 41.0 Å². The highest BCUT2D eigenvalue weighted by molar-refractivity contribution is 7.11. The molecule has 0 bridgehead atoms. The molecule has 0 unspecified atom stereocenters. The minimum Gasteiger partial charge on any atom is -0.145 e. The van der Waals surface area contributed by atoms with Gasteiger partial charge in [0.25, 0.3) is 0 Å². The Morgan fingerprint density at radius 1 is 1.38 bits per heavy atom. The summed E-state index contributed by atoms with van der Waals surface area (Å²) in [5.74, 6) is 0. The molecule has 0 radical (unpaired) electrons. The normalized spacial score (nSPS) is 10.3. The number of thiophene rings is 1. The third kappa shape index (κ3) is 3.77. The highest BCUT2D eigenvalue weighted by Crippen LogP contribution is 2.19. The summed E-state index contributed by atoms with van der Waals surface area (Å²) >= 11 is 1.95. The smallest absolute Gasteiger partial charge is 0.00482 e. The standard InChI is InChI=1S/C12H18S/c1-4-11-8-9-12(13-11)7-5-6-10(2)3/h8-9H,2,4-7H2,1,3H3. The number of aryl methyl sites for hydroxylation is 2. The number of hydrogen-bond donors (Lipinski definition) is 0. The summed E-state index contributed by atoms with van der Waals surface area (Å²) in [6.07, 6.45) is 4.81. The summed E-state index contributed by atoms with van der Waals surface area (Å²) in [7, 11) is 0. The molecule has 1 heteroatoms. The van der Waals surface area contributed by atoms with Crippen molar-refractivity contribution in [3.63, 3.8) is 0 Å². The van der Waals surface area contributed by atoms with E-state index in [0.717, 1.165) is 0 Å². The molecule has 0 atom stereocenters. The zero-order valence-corrected chi connectivity index (χ0v) is 9.41. The molecule has 1 aromatic heterocycles. The molecule has 0 aromatic carbocycles. The predicted octanol–water partition coefficient (Wildman–Crippen LogP) is 4.21. The maximum atomic E-state index is 3.91. The molecule has 0 aliphatic carbocycles. The molecule has 1 aromatic rings. The molecule has 1 heterocycles. The van der Waals surface area contributed by atoms with Crippen molar-refractivity contribution >= 4 is 11.3 Å². The van der Waals surface area contributed by atoms with E-state index in [4.69, 9.17) is 0 Å². The molecule has 0 spiro atoms. The van der Waals surface area contributed by atoms with Crippen molar-refractivity contribution in [3.05, 3.63) is 34.0 Å². The summed E-state index contributed by atoms with van der Waals surface area (Å²) < 4.78 is 0. The number of rotatable bonds is 5. The van der Waals surface area contributed by atoms with Crippen LogP contribution in [0.1, 0.15) is 36.4 Å². The minimum atomic E-state index is 1.17. The van der Waals surface area contributed by atoms with Crippen LogP contribution in [0.5, 0.6) is 0 Å². The average molecular weight is 194 g/mol. The van der Waals surface area contributed by atoms with Crippen LogP contribution < -0.4 is 0 Å². The lowest BCUT2D eigenvalue weighted by Crippen LogP contribution is -1.81. The van der Waals surface area contributed by atoms with Gasteiger partial charge >= 0.3 is 0 Å². The zero-order valence-electron chi connectivity index (χ0n) is 8.60. The molecule has 0 saturated carbocycles. The first-order valence-corrected chi connectivity index (χ1v) is 5.76. The molecule has 0 aliphatic rings. The Labute approximate surface area is 85.3 Å². The summed E-state index contributed by atoms with van der Waals surface area (Å²) in [5.41, 5.74) is 1.30. The first kappa shape index (κ1) is 10.5. The SMILES string of the molecule is C=C(C)CCCc1ccc(CC)s1. The van der Waals surface area contributed by atoms with Crippen molar-refractivity contribution in [1.29, 1.82) is 0 Å². The largest absolute Gasteiger partial charge is 0.145 e.